The first-order valence-electron chi connectivity index (χ1n) is 8.02. The van der Waals surface area contributed by atoms with Crippen LogP contribution in [0.4, 0.5) is 4.39 Å². The molecule has 4 rings (SSSR count). The van der Waals surface area contributed by atoms with Crippen LogP contribution in [0.15, 0.2) is 27.3 Å². The molecule has 1 saturated carbocycles. The van der Waals surface area contributed by atoms with Gasteiger partial charge in [-0.3, -0.25) is 0 Å². The van der Waals surface area contributed by atoms with Crippen LogP contribution in [-0.4, -0.2) is 9.78 Å². The molecular formula is C18H20FIN2. The first kappa shape index (κ1) is 14.7. The third-order valence-electron chi connectivity index (χ3n) is 5.45. The first-order chi connectivity index (χ1) is 10.5. The van der Waals surface area contributed by atoms with Crippen LogP contribution in [0, 0.1) is 11.3 Å². The normalized spacial score (nSPS) is 30.8. The van der Waals surface area contributed by atoms with E-state index in [1.165, 1.54) is 30.5 Å². The fourth-order valence-corrected chi connectivity index (χ4v) is 5.34. The number of hydrogen-bond donors (Lipinski definition) is 0. The van der Waals surface area contributed by atoms with Gasteiger partial charge in [0.05, 0.1) is 17.6 Å². The molecule has 0 radical (unpaired) electrons. The smallest absolute Gasteiger partial charge is 0.102 e. The maximum atomic E-state index is 13.6. The average Bonchev–Trinajstić information content (AvgIpc) is 2.98. The van der Waals surface area contributed by atoms with E-state index in [0.717, 1.165) is 15.7 Å². The van der Waals surface area contributed by atoms with E-state index in [1.54, 1.807) is 11.6 Å². The number of halogens is 2. The molecular weight excluding hydrogens is 390 g/mol. The zero-order chi connectivity index (χ0) is 15.5. The van der Waals surface area contributed by atoms with Crippen LogP contribution in [-0.2, 0) is 6.42 Å². The Labute approximate surface area is 144 Å². The summed E-state index contributed by atoms with van der Waals surface area (Å²) < 4.78 is 16.7. The van der Waals surface area contributed by atoms with Gasteiger partial charge in [-0.1, -0.05) is 19.4 Å². The van der Waals surface area contributed by atoms with Crippen molar-refractivity contribution in [1.82, 2.24) is 9.78 Å². The molecule has 3 aliphatic carbocycles. The van der Waals surface area contributed by atoms with Gasteiger partial charge in [-0.25, -0.2) is 9.07 Å². The summed E-state index contributed by atoms with van der Waals surface area (Å²) in [5.41, 5.74) is 5.62. The van der Waals surface area contributed by atoms with Crippen molar-refractivity contribution in [3.63, 3.8) is 0 Å². The van der Waals surface area contributed by atoms with Gasteiger partial charge < -0.3 is 0 Å². The molecule has 1 heterocycles. The molecule has 22 heavy (non-hydrogen) atoms. The highest BCUT2D eigenvalue weighted by Crippen LogP contribution is 2.50. The van der Waals surface area contributed by atoms with Gasteiger partial charge >= 0.3 is 0 Å². The maximum Gasteiger partial charge on any atom is 0.102 e. The SMILES string of the molecule is CC1CC(F)=CC(I)=C1n1ncc2c1C=C1CCC[C@@]1(C)C2. The fourth-order valence-electron chi connectivity index (χ4n) is 4.24. The Morgan fingerprint density at radius 2 is 2.23 bits per heavy atom. The van der Waals surface area contributed by atoms with Crippen molar-refractivity contribution in [3.05, 3.63) is 38.5 Å². The van der Waals surface area contributed by atoms with Crippen LogP contribution < -0.4 is 0 Å². The van der Waals surface area contributed by atoms with Gasteiger partial charge in [-0.15, -0.1) is 0 Å². The molecule has 4 heteroatoms. The Morgan fingerprint density at radius 1 is 1.41 bits per heavy atom. The van der Waals surface area contributed by atoms with Gasteiger partial charge in [-0.05, 0) is 71.4 Å². The van der Waals surface area contributed by atoms with Crippen molar-refractivity contribution >= 4 is 34.4 Å². The summed E-state index contributed by atoms with van der Waals surface area (Å²) >= 11 is 2.24. The van der Waals surface area contributed by atoms with Crippen LogP contribution in [0.3, 0.4) is 0 Å². The predicted octanol–water partition coefficient (Wildman–Crippen LogP) is 5.51. The lowest BCUT2D eigenvalue weighted by atomic mass is 9.75. The summed E-state index contributed by atoms with van der Waals surface area (Å²) in [5.74, 6) is 0.139. The Balaban J connectivity index is 1.84. The van der Waals surface area contributed by atoms with E-state index in [0.29, 0.717) is 11.8 Å². The lowest BCUT2D eigenvalue weighted by Crippen LogP contribution is -2.22. The van der Waals surface area contributed by atoms with Crippen LogP contribution in [0.2, 0.25) is 0 Å². The predicted molar refractivity (Wildman–Crippen MR) is 96.1 cm³/mol. The van der Waals surface area contributed by atoms with E-state index in [-0.39, 0.29) is 11.7 Å². The van der Waals surface area contributed by atoms with Crippen molar-refractivity contribution in [2.75, 3.05) is 0 Å². The molecule has 0 bridgehead atoms. The summed E-state index contributed by atoms with van der Waals surface area (Å²) in [6.07, 6.45) is 11.4. The second-order valence-electron chi connectivity index (χ2n) is 7.16. The summed E-state index contributed by atoms with van der Waals surface area (Å²) in [5, 5.41) is 4.66. The van der Waals surface area contributed by atoms with E-state index in [4.69, 9.17) is 0 Å². The van der Waals surface area contributed by atoms with Crippen molar-refractivity contribution in [1.29, 1.82) is 0 Å². The minimum Gasteiger partial charge on any atom is -0.236 e. The number of allylic oxidation sites excluding steroid dienone is 5. The van der Waals surface area contributed by atoms with Gasteiger partial charge in [0.1, 0.15) is 5.83 Å². The highest BCUT2D eigenvalue weighted by molar-refractivity contribution is 14.1. The molecule has 0 amide bonds. The molecule has 2 nitrogen and oxygen atoms in total. The van der Waals surface area contributed by atoms with E-state index < -0.39 is 0 Å². The highest BCUT2D eigenvalue weighted by atomic mass is 127. The quantitative estimate of drug-likeness (QED) is 0.559. The van der Waals surface area contributed by atoms with E-state index in [2.05, 4.69) is 52.3 Å². The number of hydrogen-bond acceptors (Lipinski definition) is 1. The molecule has 1 aromatic heterocycles. The lowest BCUT2D eigenvalue weighted by Gasteiger charge is -2.30. The Hall–Kier alpha value is -0.910. The van der Waals surface area contributed by atoms with Gasteiger partial charge in [-0.2, -0.15) is 5.10 Å². The first-order valence-corrected chi connectivity index (χ1v) is 9.10. The monoisotopic (exact) mass is 410 g/mol. The largest absolute Gasteiger partial charge is 0.236 e. The molecule has 1 unspecified atom stereocenters. The number of aromatic nitrogens is 2. The number of fused-ring (bicyclic) bond motifs is 2. The van der Waals surface area contributed by atoms with Gasteiger partial charge in [0.25, 0.3) is 0 Å². The van der Waals surface area contributed by atoms with Crippen LogP contribution >= 0.6 is 22.6 Å². The van der Waals surface area contributed by atoms with Crippen LogP contribution in [0.1, 0.15) is 50.8 Å². The average molecular weight is 410 g/mol. The van der Waals surface area contributed by atoms with E-state index >= 15 is 0 Å². The standard InChI is InChI=1S/C18H20FIN2/c1-11-6-14(19)8-15(20)17(11)22-16-7-13-4-3-5-18(13,2)9-12(16)10-21-22/h7-8,10-11H,3-6,9H2,1-2H3/t11?,18-/m0/s1. The molecule has 0 N–H and O–H groups in total. The van der Waals surface area contributed by atoms with Gasteiger partial charge in [0.2, 0.25) is 0 Å². The maximum absolute atomic E-state index is 13.6. The van der Waals surface area contributed by atoms with Crippen molar-refractivity contribution in [2.45, 2.75) is 46.0 Å². The van der Waals surface area contributed by atoms with Crippen LogP contribution in [0.5, 0.6) is 0 Å². The summed E-state index contributed by atoms with van der Waals surface area (Å²) in [4.78, 5) is 0. The zero-order valence-corrected chi connectivity index (χ0v) is 15.2. The minimum absolute atomic E-state index is 0.0246. The van der Waals surface area contributed by atoms with Gasteiger partial charge in [0, 0.05) is 15.9 Å². The summed E-state index contributed by atoms with van der Waals surface area (Å²) in [7, 11) is 0. The molecule has 1 aromatic rings. The lowest BCUT2D eigenvalue weighted by molar-refractivity contribution is 0.405. The topological polar surface area (TPSA) is 17.8 Å². The molecule has 1 fully saturated rings. The molecule has 0 aliphatic heterocycles. The van der Waals surface area contributed by atoms with Crippen molar-refractivity contribution in [3.8, 4) is 0 Å². The third kappa shape index (κ3) is 2.14. The third-order valence-corrected chi connectivity index (χ3v) is 6.32. The van der Waals surface area contributed by atoms with Crippen molar-refractivity contribution in [2.24, 2.45) is 11.3 Å². The minimum atomic E-state index is -0.0246. The van der Waals surface area contributed by atoms with E-state index in [9.17, 15) is 4.39 Å². The second kappa shape index (κ2) is 5.05. The fraction of sp³-hybridized carbons (Fsp3) is 0.500. The summed E-state index contributed by atoms with van der Waals surface area (Å²) in [6.45, 7) is 4.47. The molecule has 2 atom stereocenters. The molecule has 3 aliphatic rings. The highest BCUT2D eigenvalue weighted by Gasteiger charge is 2.38. The Kier molecular flexibility index (Phi) is 3.36. The Morgan fingerprint density at radius 3 is 3.00 bits per heavy atom. The second-order valence-corrected chi connectivity index (χ2v) is 8.32. The molecule has 0 aromatic carbocycles. The Bertz CT molecular complexity index is 740. The van der Waals surface area contributed by atoms with Crippen molar-refractivity contribution < 1.29 is 4.39 Å². The van der Waals surface area contributed by atoms with Gasteiger partial charge in [0.15, 0.2) is 0 Å². The number of nitrogens with zero attached hydrogens (tertiary/aromatic N) is 2. The number of rotatable bonds is 1. The van der Waals surface area contributed by atoms with E-state index in [1.807, 2.05) is 6.20 Å². The molecule has 0 saturated heterocycles. The zero-order valence-electron chi connectivity index (χ0n) is 13.0. The summed E-state index contributed by atoms with van der Waals surface area (Å²) in [6, 6.07) is 0. The van der Waals surface area contributed by atoms with Crippen LogP contribution in [0.25, 0.3) is 11.8 Å². The molecule has 116 valence electrons. The molecule has 0 spiro atoms.